The Morgan fingerprint density at radius 1 is 1.09 bits per heavy atom. The van der Waals surface area contributed by atoms with Crippen molar-refractivity contribution in [3.63, 3.8) is 0 Å². The van der Waals surface area contributed by atoms with Crippen LogP contribution in [0.1, 0.15) is 76.6 Å². The molecule has 0 bridgehead atoms. The molecule has 2 N–H and O–H groups in total. The molecule has 0 radical (unpaired) electrons. The maximum Gasteiger partial charge on any atom is 0.404 e. The van der Waals surface area contributed by atoms with Gasteiger partial charge in [0.2, 0.25) is 0 Å². The third kappa shape index (κ3) is 5.24. The van der Waals surface area contributed by atoms with Crippen LogP contribution in [-0.2, 0) is 16.2 Å². The summed E-state index contributed by atoms with van der Waals surface area (Å²) < 4.78 is 7.62. The van der Waals surface area contributed by atoms with Crippen molar-refractivity contribution in [1.82, 2.24) is 9.47 Å². The average molecular weight is 469 g/mol. The first-order valence-corrected chi connectivity index (χ1v) is 12.6. The Morgan fingerprint density at radius 2 is 1.76 bits per heavy atom. The highest BCUT2D eigenvalue weighted by Crippen LogP contribution is 2.40. The van der Waals surface area contributed by atoms with Gasteiger partial charge in [-0.05, 0) is 55.9 Å². The maximum absolute atomic E-state index is 11.4. The van der Waals surface area contributed by atoms with E-state index in [4.69, 9.17) is 15.3 Å². The summed E-state index contributed by atoms with van der Waals surface area (Å²) in [6.45, 7) is 9.47. The van der Waals surface area contributed by atoms with E-state index >= 15 is 0 Å². The van der Waals surface area contributed by atoms with Crippen LogP contribution < -0.4 is 5.73 Å². The molecule has 1 amide bonds. The van der Waals surface area contributed by atoms with Gasteiger partial charge in [0, 0.05) is 41.6 Å². The van der Waals surface area contributed by atoms with Gasteiger partial charge in [-0.1, -0.05) is 44.1 Å². The van der Waals surface area contributed by atoms with Crippen LogP contribution in [0, 0.1) is 11.3 Å². The number of aromatic nitrogens is 1. The van der Waals surface area contributed by atoms with E-state index in [-0.39, 0.29) is 6.61 Å². The van der Waals surface area contributed by atoms with Gasteiger partial charge in [-0.2, -0.15) is 0 Å². The number of oxime groups is 1. The fraction of sp³-hybridized carbons (Fsp3) is 0.630. The highest BCUT2D eigenvalue weighted by molar-refractivity contribution is 6.01. The van der Waals surface area contributed by atoms with Gasteiger partial charge in [0.25, 0.3) is 0 Å². The van der Waals surface area contributed by atoms with Gasteiger partial charge >= 0.3 is 6.09 Å². The van der Waals surface area contributed by atoms with Crippen molar-refractivity contribution in [2.45, 2.75) is 78.0 Å². The van der Waals surface area contributed by atoms with Gasteiger partial charge in [0.15, 0.2) is 0 Å². The quantitative estimate of drug-likeness (QED) is 0.451. The summed E-state index contributed by atoms with van der Waals surface area (Å²) in [4.78, 5) is 19.1. The molecule has 0 spiro atoms. The third-order valence-electron chi connectivity index (χ3n) is 8.00. The van der Waals surface area contributed by atoms with Crippen LogP contribution in [0.3, 0.4) is 0 Å². The second-order valence-electron chi connectivity index (χ2n) is 10.9. The number of carbonyl (C=O) groups excluding carboxylic acids is 1. The normalized spacial score (nSPS) is 22.9. The molecule has 1 aromatic heterocycles. The van der Waals surface area contributed by atoms with E-state index < -0.39 is 6.09 Å². The van der Waals surface area contributed by atoms with Crippen LogP contribution >= 0.6 is 0 Å². The summed E-state index contributed by atoms with van der Waals surface area (Å²) >= 11 is 0. The van der Waals surface area contributed by atoms with Gasteiger partial charge in [-0.3, -0.25) is 0 Å². The zero-order chi connectivity index (χ0) is 24.3. The molecule has 186 valence electrons. The first kappa shape index (κ1) is 24.6. The van der Waals surface area contributed by atoms with Crippen LogP contribution in [0.2, 0.25) is 0 Å². The predicted octanol–water partition coefficient (Wildman–Crippen LogP) is 5.46. The molecular formula is C27H40N4O3. The molecule has 2 fully saturated rings. The van der Waals surface area contributed by atoms with Crippen LogP contribution in [0.4, 0.5) is 4.79 Å². The fourth-order valence-corrected chi connectivity index (χ4v) is 6.11. The minimum Gasteiger partial charge on any atom is -0.443 e. The molecule has 1 aliphatic heterocycles. The van der Waals surface area contributed by atoms with Crippen molar-refractivity contribution < 1.29 is 14.4 Å². The first-order chi connectivity index (χ1) is 16.3. The standard InChI is InChI=1S/C27H40N4O3/c1-27(2,3)19-9-11-20(12-10-19)30-15-13-21(14-16-30)31-24-8-6-5-7-22(24)23(17-29-33-4)25(31)18-34-26(28)32/h5-8,17,19-21H,9-16,18H2,1-4H3,(H2,28,32). The number of piperidine rings is 1. The molecule has 0 unspecified atom stereocenters. The summed E-state index contributed by atoms with van der Waals surface area (Å²) in [6.07, 6.45) is 8.39. The van der Waals surface area contributed by atoms with E-state index in [0.29, 0.717) is 17.5 Å². The monoisotopic (exact) mass is 468 g/mol. The Kier molecular flexibility index (Phi) is 7.51. The number of para-hydroxylation sites is 1. The minimum absolute atomic E-state index is 0.117. The van der Waals surface area contributed by atoms with Crippen molar-refractivity contribution in [1.29, 1.82) is 0 Å². The number of rotatable bonds is 6. The third-order valence-corrected chi connectivity index (χ3v) is 8.00. The van der Waals surface area contributed by atoms with Gasteiger partial charge in [0.05, 0.1) is 11.9 Å². The molecule has 2 aromatic rings. The molecule has 7 nitrogen and oxygen atoms in total. The van der Waals surface area contributed by atoms with Gasteiger partial charge in [0.1, 0.15) is 13.7 Å². The van der Waals surface area contributed by atoms with Gasteiger partial charge < -0.3 is 24.8 Å². The fourth-order valence-electron chi connectivity index (χ4n) is 6.11. The van der Waals surface area contributed by atoms with Crippen LogP contribution in [0.5, 0.6) is 0 Å². The Morgan fingerprint density at radius 3 is 2.38 bits per heavy atom. The summed E-state index contributed by atoms with van der Waals surface area (Å²) in [5, 5.41) is 5.09. The number of carbonyl (C=O) groups is 1. The number of likely N-dealkylation sites (tertiary alicyclic amines) is 1. The number of nitrogens with zero attached hydrogens (tertiary/aromatic N) is 3. The molecule has 2 heterocycles. The van der Waals surface area contributed by atoms with E-state index in [0.717, 1.165) is 54.0 Å². The van der Waals surface area contributed by atoms with Crippen molar-refractivity contribution in [2.24, 2.45) is 22.2 Å². The van der Waals surface area contributed by atoms with E-state index in [1.54, 1.807) is 6.21 Å². The number of amides is 1. The Labute approximate surface area is 203 Å². The number of benzene rings is 1. The molecule has 1 aromatic carbocycles. The molecule has 1 saturated carbocycles. The smallest absolute Gasteiger partial charge is 0.404 e. The number of hydrogen-bond acceptors (Lipinski definition) is 5. The molecule has 1 aliphatic carbocycles. The summed E-state index contributed by atoms with van der Waals surface area (Å²) in [5.41, 5.74) is 8.70. The topological polar surface area (TPSA) is 82.1 Å². The first-order valence-electron chi connectivity index (χ1n) is 12.6. The van der Waals surface area contributed by atoms with Crippen LogP contribution in [-0.4, -0.2) is 48.0 Å². The van der Waals surface area contributed by atoms with Crippen molar-refractivity contribution in [2.75, 3.05) is 20.2 Å². The predicted molar refractivity (Wildman–Crippen MR) is 136 cm³/mol. The van der Waals surface area contributed by atoms with Crippen LogP contribution in [0.25, 0.3) is 10.9 Å². The average Bonchev–Trinajstić information content (AvgIpc) is 3.14. The number of ether oxygens (including phenoxy) is 1. The number of nitrogens with two attached hydrogens (primary N) is 1. The lowest BCUT2D eigenvalue weighted by atomic mass is 9.71. The Balaban J connectivity index is 1.53. The Hall–Kier alpha value is -2.54. The van der Waals surface area contributed by atoms with E-state index in [1.165, 1.54) is 32.8 Å². The maximum atomic E-state index is 11.4. The van der Waals surface area contributed by atoms with E-state index in [2.05, 4.69) is 53.6 Å². The highest BCUT2D eigenvalue weighted by Gasteiger charge is 2.34. The second kappa shape index (κ2) is 10.4. The van der Waals surface area contributed by atoms with Gasteiger partial charge in [-0.25, -0.2) is 4.79 Å². The number of hydrogen-bond donors (Lipinski definition) is 1. The molecule has 34 heavy (non-hydrogen) atoms. The van der Waals surface area contributed by atoms with Crippen molar-refractivity contribution in [3.05, 3.63) is 35.5 Å². The molecule has 4 rings (SSSR count). The molecule has 1 saturated heterocycles. The summed E-state index contributed by atoms with van der Waals surface area (Å²) in [7, 11) is 1.53. The molecule has 7 heteroatoms. The molecule has 0 atom stereocenters. The lowest BCUT2D eigenvalue weighted by Gasteiger charge is -2.43. The zero-order valence-electron chi connectivity index (χ0n) is 21.1. The van der Waals surface area contributed by atoms with Crippen molar-refractivity contribution in [3.8, 4) is 0 Å². The second-order valence-corrected chi connectivity index (χ2v) is 10.9. The summed E-state index contributed by atoms with van der Waals surface area (Å²) in [5.74, 6) is 0.840. The number of fused-ring (bicyclic) bond motifs is 1. The number of primary amides is 1. The van der Waals surface area contributed by atoms with E-state index in [1.807, 2.05) is 6.07 Å². The summed E-state index contributed by atoms with van der Waals surface area (Å²) in [6, 6.07) is 9.34. The lowest BCUT2D eigenvalue weighted by molar-refractivity contribution is 0.0712. The highest BCUT2D eigenvalue weighted by atomic mass is 16.6. The van der Waals surface area contributed by atoms with Gasteiger partial charge in [-0.15, -0.1) is 0 Å². The molecular weight excluding hydrogens is 428 g/mol. The van der Waals surface area contributed by atoms with E-state index in [9.17, 15) is 4.79 Å². The minimum atomic E-state index is -0.771. The SMILES string of the molecule is CON=Cc1c(COC(N)=O)n(C2CCN(C3CCC(C(C)(C)C)CC3)CC2)c2ccccc12. The molecule has 2 aliphatic rings. The largest absolute Gasteiger partial charge is 0.443 e. The van der Waals surface area contributed by atoms with Crippen molar-refractivity contribution >= 4 is 23.2 Å². The lowest BCUT2D eigenvalue weighted by Crippen LogP contribution is -2.44. The zero-order valence-corrected chi connectivity index (χ0v) is 21.1. The Bertz CT molecular complexity index is 1010. The van der Waals surface area contributed by atoms with Crippen LogP contribution in [0.15, 0.2) is 29.4 Å².